The number of halogens is 2. The van der Waals surface area contributed by atoms with Crippen LogP contribution in [0.3, 0.4) is 0 Å². The first-order valence-corrected chi connectivity index (χ1v) is 11.4. The molecule has 6 heteroatoms. The number of piperidine rings is 1. The largest absolute Gasteiger partial charge is 0.443 e. The van der Waals surface area contributed by atoms with E-state index in [1.54, 1.807) is 6.20 Å². The maximum Gasteiger partial charge on any atom is 0.418 e. The summed E-state index contributed by atoms with van der Waals surface area (Å²) in [5.74, 6) is -2.38. The van der Waals surface area contributed by atoms with Crippen LogP contribution in [0.5, 0.6) is 0 Å². The van der Waals surface area contributed by atoms with Crippen LogP contribution in [0.15, 0.2) is 18.3 Å². The first kappa shape index (κ1) is 33.2. The average Bonchev–Trinajstić information content (AvgIpc) is 3.13. The summed E-state index contributed by atoms with van der Waals surface area (Å²) in [6, 6.07) is 3.68. The Balaban J connectivity index is -0.000000373. The lowest BCUT2D eigenvalue weighted by Crippen LogP contribution is -2.36. The molecule has 2 heterocycles. The number of alkyl halides is 2. The Labute approximate surface area is 185 Å². The Morgan fingerprint density at radius 1 is 1.07 bits per heavy atom. The number of hydrogen-bond acceptors (Lipinski definition) is 3. The Morgan fingerprint density at radius 3 is 1.77 bits per heavy atom. The molecule has 0 saturated carbocycles. The molecule has 30 heavy (non-hydrogen) atoms. The van der Waals surface area contributed by atoms with Gasteiger partial charge in [0.1, 0.15) is 5.60 Å². The van der Waals surface area contributed by atoms with Crippen molar-refractivity contribution in [3.63, 3.8) is 0 Å². The Hall–Kier alpha value is -1.43. The van der Waals surface area contributed by atoms with Crippen LogP contribution in [0.25, 0.3) is 0 Å². The second-order valence-electron chi connectivity index (χ2n) is 7.66. The minimum Gasteiger partial charge on any atom is -0.443 e. The van der Waals surface area contributed by atoms with Gasteiger partial charge in [-0.3, -0.25) is 4.57 Å². The number of aromatic nitrogens is 1. The van der Waals surface area contributed by atoms with Gasteiger partial charge in [-0.2, -0.15) is 0 Å². The summed E-state index contributed by atoms with van der Waals surface area (Å²) in [5.41, 5.74) is 0.447. The van der Waals surface area contributed by atoms with Gasteiger partial charge in [-0.25, -0.2) is 13.6 Å². The molecule has 1 aromatic heterocycles. The lowest BCUT2D eigenvalue weighted by atomic mass is 10.1. The number of carbonyl (C=O) groups is 1. The molecule has 0 aliphatic carbocycles. The lowest BCUT2D eigenvalue weighted by molar-refractivity contribution is -0.0504. The van der Waals surface area contributed by atoms with Crippen LogP contribution in [0, 0.1) is 6.92 Å². The van der Waals surface area contributed by atoms with E-state index in [0.29, 0.717) is 13.1 Å². The van der Waals surface area contributed by atoms with E-state index in [2.05, 4.69) is 13.8 Å². The highest BCUT2D eigenvalue weighted by Crippen LogP contribution is 2.26. The third-order valence-electron chi connectivity index (χ3n) is 3.76. The fraction of sp³-hybridized carbons (Fsp3) is 0.792. The molecule has 0 radical (unpaired) electrons. The topological polar surface area (TPSA) is 34.5 Å². The van der Waals surface area contributed by atoms with Crippen LogP contribution in [0.2, 0.25) is 0 Å². The molecule has 180 valence electrons. The zero-order chi connectivity index (χ0) is 24.4. The average molecular weight is 435 g/mol. The van der Waals surface area contributed by atoms with Crippen LogP contribution in [-0.4, -0.2) is 47.2 Å². The molecule has 0 aromatic carbocycles. The predicted octanol–water partition coefficient (Wildman–Crippen LogP) is 7.79. The third-order valence-corrected chi connectivity index (χ3v) is 3.76. The van der Waals surface area contributed by atoms with Gasteiger partial charge in [0.2, 0.25) is 0 Å². The molecule has 0 unspecified atom stereocenters. The number of rotatable bonds is 1. The number of aryl methyl sites for hydroxylation is 1. The maximum atomic E-state index is 12.4. The van der Waals surface area contributed by atoms with Crippen molar-refractivity contribution in [3.8, 4) is 0 Å². The highest BCUT2D eigenvalue weighted by molar-refractivity contribution is 5.71. The van der Waals surface area contributed by atoms with Crippen LogP contribution in [0.1, 0.15) is 93.7 Å². The van der Waals surface area contributed by atoms with Crippen molar-refractivity contribution in [2.24, 2.45) is 0 Å². The summed E-state index contributed by atoms with van der Waals surface area (Å²) < 4.78 is 31.4. The maximum absolute atomic E-state index is 12.4. The zero-order valence-corrected chi connectivity index (χ0v) is 21.4. The first-order chi connectivity index (χ1) is 13.9. The van der Waals surface area contributed by atoms with Crippen molar-refractivity contribution >= 4 is 6.09 Å². The van der Waals surface area contributed by atoms with E-state index in [1.807, 2.05) is 79.5 Å². The minimum atomic E-state index is -2.38. The van der Waals surface area contributed by atoms with Crippen molar-refractivity contribution in [1.29, 1.82) is 0 Å². The molecule has 0 N–H and O–H groups in total. The number of likely N-dealkylation sites (tertiary alicyclic amines) is 1. The third kappa shape index (κ3) is 18.6. The highest BCUT2D eigenvalue weighted by atomic mass is 19.3. The molecule has 1 aliphatic rings. The van der Waals surface area contributed by atoms with E-state index in [1.165, 1.54) is 17.4 Å². The minimum absolute atomic E-state index is 0.0312. The van der Waals surface area contributed by atoms with Crippen molar-refractivity contribution in [2.75, 3.05) is 20.1 Å². The summed E-state index contributed by atoms with van der Waals surface area (Å²) in [5, 5.41) is 0. The first-order valence-electron chi connectivity index (χ1n) is 11.4. The Bertz CT molecular complexity index is 512. The predicted molar refractivity (Wildman–Crippen MR) is 126 cm³/mol. The number of ether oxygens (including phenoxy) is 1. The van der Waals surface area contributed by atoms with E-state index in [0.717, 1.165) is 5.69 Å². The van der Waals surface area contributed by atoms with Gasteiger partial charge in [0.15, 0.2) is 0 Å². The quantitative estimate of drug-likeness (QED) is 0.452. The lowest BCUT2D eigenvalue weighted by Gasteiger charge is -2.28. The van der Waals surface area contributed by atoms with Crippen molar-refractivity contribution in [2.45, 2.75) is 106 Å². The number of nitrogens with zero attached hydrogens (tertiary/aromatic N) is 2. The molecule has 0 bridgehead atoms. The van der Waals surface area contributed by atoms with Gasteiger partial charge >= 0.3 is 6.09 Å². The van der Waals surface area contributed by atoms with Gasteiger partial charge in [-0.15, -0.1) is 0 Å². The number of unbranched alkanes of at least 4 members (excludes halogenated alkanes) is 1. The highest BCUT2D eigenvalue weighted by Gasteiger charge is 2.32. The summed E-state index contributed by atoms with van der Waals surface area (Å²) in [6.07, 6.45) is 4.08. The molecular formula is C24H48F2N2O2. The van der Waals surface area contributed by atoms with Crippen LogP contribution >= 0.6 is 0 Å². The van der Waals surface area contributed by atoms with Crippen LogP contribution < -0.4 is 0 Å². The van der Waals surface area contributed by atoms with Gasteiger partial charge in [-0.05, 0) is 46.9 Å². The van der Waals surface area contributed by atoms with Gasteiger partial charge < -0.3 is 9.64 Å². The van der Waals surface area contributed by atoms with Gasteiger partial charge in [0, 0.05) is 37.8 Å². The van der Waals surface area contributed by atoms with E-state index in [4.69, 9.17) is 4.74 Å². The summed E-state index contributed by atoms with van der Waals surface area (Å²) in [7, 11) is 1.87. The molecule has 0 spiro atoms. The standard InChI is InChI=1S/C10H15NO2.C6H11F2N.C4H10.2C2H6/c1-8-6-5-7-11(8)9(12)13-10(2,3)4;1-9-4-2-6(7,8)3-5-9;1-3-4-2;2*1-2/h5-7H,1-4H3;2-5H2,1H3;3-4H2,1-2H3;2*1-2H3. The van der Waals surface area contributed by atoms with E-state index >= 15 is 0 Å². The van der Waals surface area contributed by atoms with E-state index in [-0.39, 0.29) is 18.9 Å². The van der Waals surface area contributed by atoms with E-state index in [9.17, 15) is 13.6 Å². The SMILES string of the molecule is CC.CC.CCCC.CN1CCC(F)(F)CC1.Cc1cccn1C(=O)OC(C)(C)C. The monoisotopic (exact) mass is 434 g/mol. The summed E-state index contributed by atoms with van der Waals surface area (Å²) in [6.45, 7) is 20.8. The van der Waals surface area contributed by atoms with Gasteiger partial charge in [-0.1, -0.05) is 54.4 Å². The van der Waals surface area contributed by atoms with Crippen molar-refractivity contribution < 1.29 is 18.3 Å². The molecule has 4 nitrogen and oxygen atoms in total. The molecule has 1 aromatic rings. The van der Waals surface area contributed by atoms with Gasteiger partial charge in [0.25, 0.3) is 5.92 Å². The molecule has 2 rings (SSSR count). The summed E-state index contributed by atoms with van der Waals surface area (Å²) >= 11 is 0. The van der Waals surface area contributed by atoms with Crippen LogP contribution in [0.4, 0.5) is 13.6 Å². The normalized spacial score (nSPS) is 14.8. The van der Waals surface area contributed by atoms with Crippen molar-refractivity contribution in [1.82, 2.24) is 9.47 Å². The van der Waals surface area contributed by atoms with E-state index < -0.39 is 11.5 Å². The smallest absolute Gasteiger partial charge is 0.418 e. The molecule has 0 amide bonds. The van der Waals surface area contributed by atoms with Crippen molar-refractivity contribution in [3.05, 3.63) is 24.0 Å². The Kier molecular flexibility index (Phi) is 20.3. The Morgan fingerprint density at radius 2 is 1.50 bits per heavy atom. The molecule has 0 atom stereocenters. The second-order valence-corrected chi connectivity index (χ2v) is 7.66. The van der Waals surface area contributed by atoms with Crippen LogP contribution in [-0.2, 0) is 4.74 Å². The molecular weight excluding hydrogens is 386 g/mol. The molecule has 1 aliphatic heterocycles. The number of hydrogen-bond donors (Lipinski definition) is 0. The number of carbonyl (C=O) groups excluding carboxylic acids is 1. The molecule has 1 saturated heterocycles. The molecule has 1 fully saturated rings. The second kappa shape index (κ2) is 18.3. The fourth-order valence-electron chi connectivity index (χ4n) is 1.93. The van der Waals surface area contributed by atoms with Gasteiger partial charge in [0.05, 0.1) is 0 Å². The fourth-order valence-corrected chi connectivity index (χ4v) is 1.93. The summed E-state index contributed by atoms with van der Waals surface area (Å²) in [4.78, 5) is 13.4. The zero-order valence-electron chi connectivity index (χ0n) is 21.4.